The molecule has 2 N–H and O–H groups in total. The SMILES string of the molecule is COc1cc([C@@H]2c3c(c4ccccc4oc3=O)O[C@@H]2C(=O)Nc2cc(C)on2)ccc1O. The van der Waals surface area contributed by atoms with E-state index in [9.17, 15) is 14.7 Å². The lowest BCUT2D eigenvalue weighted by molar-refractivity contribution is -0.122. The van der Waals surface area contributed by atoms with Crippen molar-refractivity contribution in [3.8, 4) is 17.2 Å². The van der Waals surface area contributed by atoms with Crippen LogP contribution in [-0.4, -0.2) is 29.4 Å². The van der Waals surface area contributed by atoms with E-state index >= 15 is 0 Å². The fourth-order valence-corrected chi connectivity index (χ4v) is 3.93. The Morgan fingerprint density at radius 1 is 1.19 bits per heavy atom. The van der Waals surface area contributed by atoms with Crippen LogP contribution in [0.25, 0.3) is 11.0 Å². The summed E-state index contributed by atoms with van der Waals surface area (Å²) >= 11 is 0. The number of nitrogens with one attached hydrogen (secondary N) is 1. The van der Waals surface area contributed by atoms with Gasteiger partial charge in [-0.1, -0.05) is 23.4 Å². The summed E-state index contributed by atoms with van der Waals surface area (Å²) in [5.74, 6) is -0.158. The van der Waals surface area contributed by atoms with Gasteiger partial charge in [-0.3, -0.25) is 4.79 Å². The number of para-hydroxylation sites is 1. The number of phenols is 1. The molecule has 3 heterocycles. The van der Waals surface area contributed by atoms with Gasteiger partial charge in [0.05, 0.1) is 24.0 Å². The molecule has 2 aromatic carbocycles. The number of carbonyl (C=O) groups is 1. The number of nitrogens with zero attached hydrogens (tertiary/aromatic N) is 1. The monoisotopic (exact) mass is 434 g/mol. The first-order chi connectivity index (χ1) is 15.5. The van der Waals surface area contributed by atoms with Crippen molar-refractivity contribution in [2.75, 3.05) is 12.4 Å². The van der Waals surface area contributed by atoms with Crippen LogP contribution in [0.2, 0.25) is 0 Å². The van der Waals surface area contributed by atoms with E-state index in [0.29, 0.717) is 22.3 Å². The van der Waals surface area contributed by atoms with Crippen LogP contribution in [0.3, 0.4) is 0 Å². The minimum absolute atomic E-state index is 0.0694. The molecule has 1 aliphatic rings. The molecule has 2 atom stereocenters. The standard InChI is InChI=1S/C23H18N2O7/c1-11-9-17(25-32-11)24-22(27)21-18(12-7-8-14(26)16(10-12)29-2)19-20(31-21)13-5-3-4-6-15(13)30-23(19)28/h3-10,18,21,26H,1-2H3,(H,24,25,27)/t18-,21+/m1/s1. The first-order valence-corrected chi connectivity index (χ1v) is 9.79. The second-order valence-corrected chi connectivity index (χ2v) is 7.39. The van der Waals surface area contributed by atoms with E-state index in [0.717, 1.165) is 0 Å². The number of benzene rings is 2. The van der Waals surface area contributed by atoms with Gasteiger partial charge in [0.25, 0.3) is 5.91 Å². The Bertz CT molecular complexity index is 1410. The van der Waals surface area contributed by atoms with Crippen molar-refractivity contribution in [1.29, 1.82) is 0 Å². The number of hydrogen-bond acceptors (Lipinski definition) is 8. The third kappa shape index (κ3) is 3.15. The number of aromatic nitrogens is 1. The third-order valence-electron chi connectivity index (χ3n) is 5.36. The molecular formula is C23H18N2O7. The van der Waals surface area contributed by atoms with Crippen LogP contribution in [0.15, 0.2) is 62.3 Å². The quantitative estimate of drug-likeness (QED) is 0.469. The van der Waals surface area contributed by atoms with E-state index < -0.39 is 23.6 Å². The predicted molar refractivity (Wildman–Crippen MR) is 113 cm³/mol. The molecule has 0 aliphatic carbocycles. The van der Waals surface area contributed by atoms with Crippen molar-refractivity contribution in [3.05, 3.63) is 75.8 Å². The molecule has 0 radical (unpaired) electrons. The number of ether oxygens (including phenoxy) is 2. The van der Waals surface area contributed by atoms with E-state index in [-0.39, 0.29) is 28.6 Å². The number of carbonyl (C=O) groups excluding carboxylic acids is 1. The number of aryl methyl sites for hydroxylation is 1. The molecule has 0 saturated heterocycles. The lowest BCUT2D eigenvalue weighted by atomic mass is 9.88. The first-order valence-electron chi connectivity index (χ1n) is 9.79. The lowest BCUT2D eigenvalue weighted by Crippen LogP contribution is -2.35. The number of aromatic hydroxyl groups is 1. The number of fused-ring (bicyclic) bond motifs is 3. The van der Waals surface area contributed by atoms with Crippen LogP contribution in [0, 0.1) is 6.92 Å². The molecule has 0 fully saturated rings. The maximum absolute atomic E-state index is 13.2. The smallest absolute Gasteiger partial charge is 0.344 e. The molecule has 1 aliphatic heterocycles. The van der Waals surface area contributed by atoms with E-state index in [4.69, 9.17) is 18.4 Å². The minimum atomic E-state index is -1.11. The highest BCUT2D eigenvalue weighted by Crippen LogP contribution is 2.45. The molecule has 9 heteroatoms. The molecule has 162 valence electrons. The van der Waals surface area contributed by atoms with Gasteiger partial charge in [0.2, 0.25) is 0 Å². The van der Waals surface area contributed by atoms with Crippen LogP contribution >= 0.6 is 0 Å². The van der Waals surface area contributed by atoms with Gasteiger partial charge in [-0.15, -0.1) is 0 Å². The van der Waals surface area contributed by atoms with Crippen molar-refractivity contribution < 1.29 is 28.3 Å². The van der Waals surface area contributed by atoms with Gasteiger partial charge in [-0.25, -0.2) is 4.79 Å². The Kier molecular flexibility index (Phi) is 4.58. The predicted octanol–water partition coefficient (Wildman–Crippen LogP) is 3.34. The van der Waals surface area contributed by atoms with Crippen molar-refractivity contribution in [2.45, 2.75) is 18.9 Å². The van der Waals surface area contributed by atoms with Gasteiger partial charge < -0.3 is 28.8 Å². The average molecular weight is 434 g/mol. The number of anilines is 1. The highest BCUT2D eigenvalue weighted by Gasteiger charge is 2.44. The number of amides is 1. The van der Waals surface area contributed by atoms with Crippen LogP contribution in [0.1, 0.15) is 22.8 Å². The largest absolute Gasteiger partial charge is 0.504 e. The van der Waals surface area contributed by atoms with E-state index in [2.05, 4.69) is 10.5 Å². The Balaban J connectivity index is 1.66. The summed E-state index contributed by atoms with van der Waals surface area (Å²) in [5, 5.41) is 17.0. The molecule has 4 aromatic rings. The van der Waals surface area contributed by atoms with Gasteiger partial charge >= 0.3 is 5.63 Å². The van der Waals surface area contributed by atoms with Crippen molar-refractivity contribution >= 4 is 22.7 Å². The normalized spacial score (nSPS) is 17.1. The van der Waals surface area contributed by atoms with Gasteiger partial charge in [-0.05, 0) is 36.8 Å². The van der Waals surface area contributed by atoms with Crippen LogP contribution in [-0.2, 0) is 4.79 Å². The molecule has 5 rings (SSSR count). The number of phenolic OH excluding ortho intramolecular Hbond substituents is 1. The Hall–Kier alpha value is -4.27. The molecule has 1 amide bonds. The zero-order valence-corrected chi connectivity index (χ0v) is 17.1. The first kappa shape index (κ1) is 19.7. The molecular weight excluding hydrogens is 416 g/mol. The summed E-state index contributed by atoms with van der Waals surface area (Å²) in [5.41, 5.74) is 0.500. The molecule has 9 nitrogen and oxygen atoms in total. The third-order valence-corrected chi connectivity index (χ3v) is 5.36. The maximum Gasteiger partial charge on any atom is 0.344 e. The Labute approximate surface area is 181 Å². The van der Waals surface area contributed by atoms with Crippen molar-refractivity contribution in [1.82, 2.24) is 5.16 Å². The van der Waals surface area contributed by atoms with Gasteiger partial charge in [0.15, 0.2) is 23.4 Å². The van der Waals surface area contributed by atoms with E-state index in [1.165, 1.54) is 13.2 Å². The number of rotatable bonds is 4. The zero-order valence-electron chi connectivity index (χ0n) is 17.1. The van der Waals surface area contributed by atoms with Crippen LogP contribution in [0.5, 0.6) is 17.2 Å². The zero-order chi connectivity index (χ0) is 22.4. The summed E-state index contributed by atoms with van der Waals surface area (Å²) in [6.07, 6.45) is -1.11. The molecule has 0 bridgehead atoms. The highest BCUT2D eigenvalue weighted by atomic mass is 16.5. The second kappa shape index (κ2) is 7.45. The average Bonchev–Trinajstić information content (AvgIpc) is 3.38. The van der Waals surface area contributed by atoms with Crippen LogP contribution in [0.4, 0.5) is 5.82 Å². The highest BCUT2D eigenvalue weighted by molar-refractivity contribution is 5.97. The molecule has 0 spiro atoms. The Morgan fingerprint density at radius 3 is 2.75 bits per heavy atom. The summed E-state index contributed by atoms with van der Waals surface area (Å²) < 4.78 is 21.8. The van der Waals surface area contributed by atoms with Crippen molar-refractivity contribution in [2.24, 2.45) is 0 Å². The minimum Gasteiger partial charge on any atom is -0.504 e. The number of hydrogen-bond donors (Lipinski definition) is 2. The molecule has 2 aromatic heterocycles. The molecule has 32 heavy (non-hydrogen) atoms. The van der Waals surface area contributed by atoms with Gasteiger partial charge in [-0.2, -0.15) is 0 Å². The molecule has 0 saturated carbocycles. The van der Waals surface area contributed by atoms with E-state index in [1.807, 2.05) is 0 Å². The van der Waals surface area contributed by atoms with E-state index in [1.54, 1.807) is 49.4 Å². The van der Waals surface area contributed by atoms with Gasteiger partial charge in [0, 0.05) is 6.07 Å². The fourth-order valence-electron chi connectivity index (χ4n) is 3.93. The lowest BCUT2D eigenvalue weighted by Gasteiger charge is -2.18. The summed E-state index contributed by atoms with van der Waals surface area (Å²) in [4.78, 5) is 26.2. The summed E-state index contributed by atoms with van der Waals surface area (Å²) in [7, 11) is 1.41. The summed E-state index contributed by atoms with van der Waals surface area (Å²) in [6.45, 7) is 1.70. The maximum atomic E-state index is 13.2. The van der Waals surface area contributed by atoms with Crippen molar-refractivity contribution in [3.63, 3.8) is 0 Å². The second-order valence-electron chi connectivity index (χ2n) is 7.39. The van der Waals surface area contributed by atoms with Gasteiger partial charge in [0.1, 0.15) is 17.1 Å². The van der Waals surface area contributed by atoms with Crippen LogP contribution < -0.4 is 20.4 Å². The number of methoxy groups -OCH3 is 1. The molecule has 0 unspecified atom stereocenters. The Morgan fingerprint density at radius 2 is 2.00 bits per heavy atom. The topological polar surface area (TPSA) is 124 Å². The fraction of sp³-hybridized carbons (Fsp3) is 0.174. The summed E-state index contributed by atoms with van der Waals surface area (Å²) in [6, 6.07) is 13.1.